The summed E-state index contributed by atoms with van der Waals surface area (Å²) in [6, 6.07) is 6.82. The molecule has 0 aromatic heterocycles. The van der Waals surface area contributed by atoms with Crippen LogP contribution < -0.4 is 4.90 Å². The summed E-state index contributed by atoms with van der Waals surface area (Å²) < 4.78 is 5.30. The summed E-state index contributed by atoms with van der Waals surface area (Å²) in [7, 11) is 1.53. The van der Waals surface area contributed by atoms with Crippen molar-refractivity contribution in [3.05, 3.63) is 42.0 Å². The highest BCUT2D eigenvalue weighted by molar-refractivity contribution is 6.15. The molecule has 1 unspecified atom stereocenters. The van der Waals surface area contributed by atoms with Gasteiger partial charge in [0.1, 0.15) is 6.61 Å². The molecule has 0 bridgehead atoms. The maximum absolute atomic E-state index is 12.8. The number of fused-ring (bicyclic) bond motifs is 3. The number of anilines is 1. The minimum atomic E-state index is -1.40. The van der Waals surface area contributed by atoms with Crippen LogP contribution in [0.4, 0.5) is 5.69 Å². The van der Waals surface area contributed by atoms with Gasteiger partial charge in [-0.25, -0.2) is 4.79 Å². The summed E-state index contributed by atoms with van der Waals surface area (Å²) in [6.07, 6.45) is 0.408. The van der Waals surface area contributed by atoms with E-state index in [1.807, 2.05) is 0 Å². The van der Waals surface area contributed by atoms with Crippen LogP contribution in [-0.2, 0) is 14.3 Å². The van der Waals surface area contributed by atoms with Gasteiger partial charge in [-0.1, -0.05) is 18.7 Å². The molecular weight excluding hydrogens is 296 g/mol. The Bertz CT molecular complexity index is 727. The van der Waals surface area contributed by atoms with Crippen LogP contribution in [0.2, 0.25) is 0 Å². The van der Waals surface area contributed by atoms with E-state index in [4.69, 9.17) is 4.74 Å². The van der Waals surface area contributed by atoms with E-state index >= 15 is 0 Å². The molecule has 120 valence electrons. The number of carbonyl (C=O) groups is 3. The third-order valence-electron chi connectivity index (χ3n) is 4.32. The van der Waals surface area contributed by atoms with Crippen LogP contribution in [0.3, 0.4) is 0 Å². The van der Waals surface area contributed by atoms with E-state index in [9.17, 15) is 14.4 Å². The first-order valence-corrected chi connectivity index (χ1v) is 7.41. The molecule has 3 rings (SSSR count). The fourth-order valence-corrected chi connectivity index (χ4v) is 3.20. The van der Waals surface area contributed by atoms with Crippen LogP contribution in [-0.4, -0.2) is 42.0 Å². The van der Waals surface area contributed by atoms with Gasteiger partial charge in [0.2, 0.25) is 11.6 Å². The van der Waals surface area contributed by atoms with E-state index in [2.05, 4.69) is 6.58 Å². The molecule has 0 spiro atoms. The zero-order chi connectivity index (χ0) is 16.8. The number of rotatable bonds is 3. The summed E-state index contributed by atoms with van der Waals surface area (Å²) in [4.78, 5) is 40.6. The molecular formula is C17H18N2O4. The van der Waals surface area contributed by atoms with Crippen molar-refractivity contribution in [3.8, 4) is 0 Å². The Morgan fingerprint density at radius 2 is 2.04 bits per heavy atom. The van der Waals surface area contributed by atoms with Crippen molar-refractivity contribution in [1.29, 1.82) is 0 Å². The number of hydrogen-bond acceptors (Lipinski definition) is 4. The first kappa shape index (κ1) is 15.3. The van der Waals surface area contributed by atoms with E-state index in [1.54, 1.807) is 31.2 Å². The summed E-state index contributed by atoms with van der Waals surface area (Å²) >= 11 is 0. The van der Waals surface area contributed by atoms with Crippen molar-refractivity contribution >= 4 is 23.5 Å². The van der Waals surface area contributed by atoms with Gasteiger partial charge in [-0.2, -0.15) is 0 Å². The third kappa shape index (κ3) is 2.05. The molecule has 2 aliphatic heterocycles. The number of carbonyl (C=O) groups excluding carboxylic acids is 3. The molecule has 2 heterocycles. The van der Waals surface area contributed by atoms with Gasteiger partial charge in [-0.3, -0.25) is 14.5 Å². The Kier molecular flexibility index (Phi) is 3.47. The van der Waals surface area contributed by atoms with Gasteiger partial charge in [0, 0.05) is 19.9 Å². The lowest BCUT2D eigenvalue weighted by molar-refractivity contribution is -0.155. The Balaban J connectivity index is 2.11. The predicted octanol–water partition coefficient (Wildman–Crippen LogP) is 1.71. The number of para-hydroxylation sites is 1. The summed E-state index contributed by atoms with van der Waals surface area (Å²) in [5.41, 5.74) is 0.160. The van der Waals surface area contributed by atoms with E-state index < -0.39 is 11.6 Å². The van der Waals surface area contributed by atoms with Crippen LogP contribution in [0, 0.1) is 0 Å². The molecule has 1 saturated heterocycles. The fraction of sp³-hybridized carbons (Fsp3) is 0.353. The average Bonchev–Trinajstić information content (AvgIpc) is 2.89. The number of likely N-dealkylation sites (N-methyl/N-ethyl adjacent to an activating group) is 1. The van der Waals surface area contributed by atoms with E-state index in [1.165, 1.54) is 16.8 Å². The molecule has 1 aromatic rings. The van der Waals surface area contributed by atoms with E-state index in [0.717, 1.165) is 0 Å². The van der Waals surface area contributed by atoms with Gasteiger partial charge >= 0.3 is 5.97 Å². The molecule has 0 saturated carbocycles. The SMILES string of the molecule is C=C(C)COC(=O)C12CCC(=O)N1c1ccccc1C(=O)N2C. The number of benzene rings is 1. The van der Waals surface area contributed by atoms with Crippen molar-refractivity contribution in [2.45, 2.75) is 25.4 Å². The molecule has 6 nitrogen and oxygen atoms in total. The number of amides is 2. The topological polar surface area (TPSA) is 66.9 Å². The van der Waals surface area contributed by atoms with Gasteiger partial charge < -0.3 is 9.64 Å². The molecule has 2 amide bonds. The van der Waals surface area contributed by atoms with Crippen LogP contribution in [0.25, 0.3) is 0 Å². The van der Waals surface area contributed by atoms with Gasteiger partial charge in [0.15, 0.2) is 0 Å². The zero-order valence-corrected chi connectivity index (χ0v) is 13.2. The monoisotopic (exact) mass is 314 g/mol. The maximum atomic E-state index is 12.8. The zero-order valence-electron chi connectivity index (χ0n) is 13.2. The minimum absolute atomic E-state index is 0.0618. The van der Waals surface area contributed by atoms with Gasteiger partial charge in [0.25, 0.3) is 5.91 Å². The summed E-state index contributed by atoms with van der Waals surface area (Å²) in [5, 5.41) is 0. The fourth-order valence-electron chi connectivity index (χ4n) is 3.20. The highest BCUT2D eigenvalue weighted by Gasteiger charge is 2.60. The Labute approximate surface area is 134 Å². The van der Waals surface area contributed by atoms with Crippen LogP contribution >= 0.6 is 0 Å². The second-order valence-corrected chi connectivity index (χ2v) is 5.96. The number of esters is 1. The van der Waals surface area contributed by atoms with Crippen molar-refractivity contribution in [3.63, 3.8) is 0 Å². The maximum Gasteiger partial charge on any atom is 0.354 e. The first-order chi connectivity index (χ1) is 10.9. The molecule has 1 aromatic carbocycles. The van der Waals surface area contributed by atoms with Crippen LogP contribution in [0.15, 0.2) is 36.4 Å². The smallest absolute Gasteiger partial charge is 0.354 e. The Hall–Kier alpha value is -2.63. The molecule has 6 heteroatoms. The van der Waals surface area contributed by atoms with Crippen molar-refractivity contribution in [2.75, 3.05) is 18.6 Å². The molecule has 0 N–H and O–H groups in total. The average molecular weight is 314 g/mol. The number of ether oxygens (including phenoxy) is 1. The van der Waals surface area contributed by atoms with Crippen molar-refractivity contribution in [2.24, 2.45) is 0 Å². The van der Waals surface area contributed by atoms with Gasteiger partial charge in [0.05, 0.1) is 11.3 Å². The van der Waals surface area contributed by atoms with Crippen LogP contribution in [0.5, 0.6) is 0 Å². The quantitative estimate of drug-likeness (QED) is 0.629. The second kappa shape index (κ2) is 5.22. The highest BCUT2D eigenvalue weighted by Crippen LogP contribution is 2.44. The molecule has 0 aliphatic carbocycles. The van der Waals surface area contributed by atoms with E-state index in [-0.39, 0.29) is 31.3 Å². The van der Waals surface area contributed by atoms with Gasteiger partial charge in [-0.15, -0.1) is 0 Å². The molecule has 1 atom stereocenters. The lowest BCUT2D eigenvalue weighted by atomic mass is 9.97. The van der Waals surface area contributed by atoms with Crippen molar-refractivity contribution in [1.82, 2.24) is 4.90 Å². The second-order valence-electron chi connectivity index (χ2n) is 5.96. The molecule has 0 radical (unpaired) electrons. The number of nitrogens with zero attached hydrogens (tertiary/aromatic N) is 2. The highest BCUT2D eigenvalue weighted by atomic mass is 16.5. The van der Waals surface area contributed by atoms with Crippen molar-refractivity contribution < 1.29 is 19.1 Å². The normalized spacial score (nSPS) is 22.7. The third-order valence-corrected chi connectivity index (χ3v) is 4.32. The van der Waals surface area contributed by atoms with E-state index in [0.29, 0.717) is 16.8 Å². The van der Waals surface area contributed by atoms with Gasteiger partial charge in [-0.05, 0) is 24.6 Å². The predicted molar refractivity (Wildman–Crippen MR) is 83.8 cm³/mol. The van der Waals surface area contributed by atoms with Crippen LogP contribution in [0.1, 0.15) is 30.1 Å². The lowest BCUT2D eigenvalue weighted by Crippen LogP contribution is -2.67. The first-order valence-electron chi connectivity index (χ1n) is 7.41. The molecule has 23 heavy (non-hydrogen) atoms. The Morgan fingerprint density at radius 3 is 2.74 bits per heavy atom. The largest absolute Gasteiger partial charge is 0.458 e. The molecule has 2 aliphatic rings. The summed E-state index contributed by atoms with van der Waals surface area (Å²) in [6.45, 7) is 5.51. The standard InChI is InChI=1S/C17H18N2O4/c1-11(2)10-23-16(22)17-9-8-14(20)19(17)13-7-5-4-6-12(13)15(21)18(17)3/h4-7H,1,8-10H2,2-3H3. The number of hydrogen-bond donors (Lipinski definition) is 0. The lowest BCUT2D eigenvalue weighted by Gasteiger charge is -2.46. The molecule has 1 fully saturated rings. The summed E-state index contributed by atoms with van der Waals surface area (Å²) in [5.74, 6) is -1.08. The Morgan fingerprint density at radius 1 is 1.35 bits per heavy atom. The minimum Gasteiger partial charge on any atom is -0.458 e.